The average Bonchev–Trinajstić information content (AvgIpc) is 1.82. The van der Waals surface area contributed by atoms with E-state index in [2.05, 4.69) is 46.7 Å². The normalized spacial score (nSPS) is 17.5. The summed E-state index contributed by atoms with van der Waals surface area (Å²) in [5.41, 5.74) is 5.92. The SMILES string of the molecule is CC(CCN)C(N(C)C)C(C)(C)C. The molecular weight excluding hydrogens is 160 g/mol. The minimum absolute atomic E-state index is 0.331. The summed E-state index contributed by atoms with van der Waals surface area (Å²) in [5, 5.41) is 0. The lowest BCUT2D eigenvalue weighted by molar-refractivity contribution is 0.0971. The van der Waals surface area contributed by atoms with Crippen molar-refractivity contribution in [2.75, 3.05) is 20.6 Å². The molecule has 2 heteroatoms. The van der Waals surface area contributed by atoms with Crippen molar-refractivity contribution in [3.63, 3.8) is 0 Å². The highest BCUT2D eigenvalue weighted by Gasteiger charge is 2.30. The van der Waals surface area contributed by atoms with Gasteiger partial charge in [0.05, 0.1) is 0 Å². The zero-order valence-electron chi connectivity index (χ0n) is 10.1. The van der Waals surface area contributed by atoms with E-state index in [1.165, 1.54) is 0 Å². The van der Waals surface area contributed by atoms with Gasteiger partial charge in [0.2, 0.25) is 0 Å². The standard InChI is InChI=1S/C11H26N2/c1-9(7-8-12)10(13(5)6)11(2,3)4/h9-10H,7-8,12H2,1-6H3. The van der Waals surface area contributed by atoms with Gasteiger partial charge in [-0.25, -0.2) is 0 Å². The molecule has 0 aromatic heterocycles. The molecule has 0 aliphatic carbocycles. The fourth-order valence-corrected chi connectivity index (χ4v) is 2.56. The summed E-state index contributed by atoms with van der Waals surface area (Å²) < 4.78 is 0. The minimum Gasteiger partial charge on any atom is -0.330 e. The summed E-state index contributed by atoms with van der Waals surface area (Å²) in [7, 11) is 4.31. The van der Waals surface area contributed by atoms with Gasteiger partial charge in [-0.05, 0) is 38.4 Å². The van der Waals surface area contributed by atoms with E-state index in [0.717, 1.165) is 13.0 Å². The molecule has 0 saturated carbocycles. The van der Waals surface area contributed by atoms with Crippen molar-refractivity contribution in [1.29, 1.82) is 0 Å². The third kappa shape index (κ3) is 4.10. The molecule has 0 aromatic rings. The summed E-state index contributed by atoms with van der Waals surface area (Å²) in [6.07, 6.45) is 1.11. The summed E-state index contributed by atoms with van der Waals surface area (Å²) >= 11 is 0. The van der Waals surface area contributed by atoms with Gasteiger partial charge in [-0.2, -0.15) is 0 Å². The summed E-state index contributed by atoms with van der Waals surface area (Å²) in [4.78, 5) is 2.32. The highest BCUT2D eigenvalue weighted by Crippen LogP contribution is 2.29. The first-order chi connectivity index (χ1) is 5.80. The Labute approximate surface area is 83.5 Å². The fraction of sp³-hybridized carbons (Fsp3) is 1.00. The molecule has 0 amide bonds. The molecule has 0 saturated heterocycles. The quantitative estimate of drug-likeness (QED) is 0.727. The predicted octanol–water partition coefficient (Wildman–Crippen LogP) is 1.95. The van der Waals surface area contributed by atoms with E-state index >= 15 is 0 Å². The van der Waals surface area contributed by atoms with E-state index in [9.17, 15) is 0 Å². The van der Waals surface area contributed by atoms with E-state index in [1.54, 1.807) is 0 Å². The molecule has 2 nitrogen and oxygen atoms in total. The third-order valence-electron chi connectivity index (χ3n) is 2.60. The van der Waals surface area contributed by atoms with Crippen LogP contribution in [0.15, 0.2) is 0 Å². The Hall–Kier alpha value is -0.0800. The number of nitrogens with zero attached hydrogens (tertiary/aromatic N) is 1. The first kappa shape index (κ1) is 12.9. The molecule has 0 spiro atoms. The van der Waals surface area contributed by atoms with Gasteiger partial charge in [-0.3, -0.25) is 0 Å². The Morgan fingerprint density at radius 1 is 1.23 bits per heavy atom. The molecule has 2 atom stereocenters. The smallest absolute Gasteiger partial charge is 0.0164 e. The topological polar surface area (TPSA) is 29.3 Å². The molecule has 0 aliphatic rings. The van der Waals surface area contributed by atoms with Crippen LogP contribution in [-0.2, 0) is 0 Å². The second kappa shape index (κ2) is 4.97. The van der Waals surface area contributed by atoms with Crippen molar-refractivity contribution in [3.8, 4) is 0 Å². The second-order valence-electron chi connectivity index (χ2n) is 5.33. The number of hydrogen-bond donors (Lipinski definition) is 1. The highest BCUT2D eigenvalue weighted by molar-refractivity contribution is 4.84. The number of nitrogens with two attached hydrogens (primary N) is 1. The van der Waals surface area contributed by atoms with E-state index in [1.807, 2.05) is 0 Å². The molecule has 0 aliphatic heterocycles. The Morgan fingerprint density at radius 2 is 1.69 bits per heavy atom. The maximum Gasteiger partial charge on any atom is 0.0164 e. The van der Waals surface area contributed by atoms with Crippen LogP contribution in [0.25, 0.3) is 0 Å². The van der Waals surface area contributed by atoms with Crippen molar-refractivity contribution in [2.24, 2.45) is 17.1 Å². The van der Waals surface area contributed by atoms with Crippen molar-refractivity contribution >= 4 is 0 Å². The molecule has 13 heavy (non-hydrogen) atoms. The van der Waals surface area contributed by atoms with Crippen LogP contribution in [-0.4, -0.2) is 31.6 Å². The molecule has 0 fully saturated rings. The Kier molecular flexibility index (Phi) is 4.93. The van der Waals surface area contributed by atoms with Crippen LogP contribution in [0.5, 0.6) is 0 Å². The molecule has 2 unspecified atom stereocenters. The number of rotatable bonds is 4. The maximum atomic E-state index is 5.59. The molecule has 0 rings (SSSR count). The van der Waals surface area contributed by atoms with E-state index in [0.29, 0.717) is 17.4 Å². The van der Waals surface area contributed by atoms with E-state index in [4.69, 9.17) is 5.73 Å². The van der Waals surface area contributed by atoms with Crippen molar-refractivity contribution in [2.45, 2.75) is 40.2 Å². The van der Waals surface area contributed by atoms with Gasteiger partial charge in [0.15, 0.2) is 0 Å². The zero-order chi connectivity index (χ0) is 10.6. The van der Waals surface area contributed by atoms with Gasteiger partial charge in [-0.15, -0.1) is 0 Å². The first-order valence-corrected chi connectivity index (χ1v) is 5.17. The third-order valence-corrected chi connectivity index (χ3v) is 2.60. The molecular formula is C11H26N2. The fourth-order valence-electron chi connectivity index (χ4n) is 2.56. The molecule has 80 valence electrons. The number of hydrogen-bond acceptors (Lipinski definition) is 2. The summed E-state index contributed by atoms with van der Waals surface area (Å²) in [6, 6.07) is 0.607. The maximum absolute atomic E-state index is 5.59. The Bertz CT molecular complexity index is 136. The van der Waals surface area contributed by atoms with Crippen LogP contribution in [0.2, 0.25) is 0 Å². The van der Waals surface area contributed by atoms with Crippen LogP contribution in [0.3, 0.4) is 0 Å². The van der Waals surface area contributed by atoms with Crippen LogP contribution < -0.4 is 5.73 Å². The van der Waals surface area contributed by atoms with Crippen molar-refractivity contribution in [3.05, 3.63) is 0 Å². The van der Waals surface area contributed by atoms with E-state index in [-0.39, 0.29) is 0 Å². The lowest BCUT2D eigenvalue weighted by Crippen LogP contribution is -2.44. The van der Waals surface area contributed by atoms with Crippen molar-refractivity contribution in [1.82, 2.24) is 4.90 Å². The molecule has 2 N–H and O–H groups in total. The van der Waals surface area contributed by atoms with Crippen molar-refractivity contribution < 1.29 is 0 Å². The van der Waals surface area contributed by atoms with Crippen LogP contribution in [0, 0.1) is 11.3 Å². The molecule has 0 bridgehead atoms. The lowest BCUT2D eigenvalue weighted by atomic mass is 9.78. The minimum atomic E-state index is 0.331. The molecule has 0 radical (unpaired) electrons. The van der Waals surface area contributed by atoms with Crippen LogP contribution in [0.1, 0.15) is 34.1 Å². The lowest BCUT2D eigenvalue weighted by Gasteiger charge is -2.40. The summed E-state index contributed by atoms with van der Waals surface area (Å²) in [5.74, 6) is 0.667. The van der Waals surface area contributed by atoms with Crippen LogP contribution in [0.4, 0.5) is 0 Å². The van der Waals surface area contributed by atoms with Gasteiger partial charge in [0, 0.05) is 6.04 Å². The first-order valence-electron chi connectivity index (χ1n) is 5.17. The average molecular weight is 186 g/mol. The molecule has 0 aromatic carbocycles. The van der Waals surface area contributed by atoms with Crippen LogP contribution >= 0.6 is 0 Å². The Balaban J connectivity index is 4.42. The van der Waals surface area contributed by atoms with Gasteiger partial charge in [0.25, 0.3) is 0 Å². The largest absolute Gasteiger partial charge is 0.330 e. The zero-order valence-corrected chi connectivity index (χ0v) is 10.1. The van der Waals surface area contributed by atoms with Gasteiger partial charge >= 0.3 is 0 Å². The molecule has 0 heterocycles. The summed E-state index contributed by atoms with van der Waals surface area (Å²) in [6.45, 7) is 9.98. The Morgan fingerprint density at radius 3 is 1.92 bits per heavy atom. The predicted molar refractivity (Wildman–Crippen MR) is 59.8 cm³/mol. The highest BCUT2D eigenvalue weighted by atomic mass is 15.1. The van der Waals surface area contributed by atoms with Gasteiger partial charge < -0.3 is 10.6 Å². The van der Waals surface area contributed by atoms with Gasteiger partial charge in [-0.1, -0.05) is 27.7 Å². The van der Waals surface area contributed by atoms with Gasteiger partial charge in [0.1, 0.15) is 0 Å². The second-order valence-corrected chi connectivity index (χ2v) is 5.33. The van der Waals surface area contributed by atoms with E-state index < -0.39 is 0 Å². The monoisotopic (exact) mass is 186 g/mol.